The molecule has 6 heteroatoms. The zero-order valence-electron chi connectivity index (χ0n) is 6.20. The highest BCUT2D eigenvalue weighted by molar-refractivity contribution is 9.10. The quantitative estimate of drug-likeness (QED) is 0.579. The smallest absolute Gasteiger partial charge is 0.238 e. The Labute approximate surface area is 95.8 Å². The van der Waals surface area contributed by atoms with Gasteiger partial charge in [0.25, 0.3) is 6.43 Å². The van der Waals surface area contributed by atoms with Crippen molar-refractivity contribution in [1.29, 1.82) is 0 Å². The summed E-state index contributed by atoms with van der Waals surface area (Å²) >= 11 is 11.9. The SMILES string of the molecule is FC(F)c1nc(Br)c(CBr)cc1Cl. The molecule has 0 aromatic carbocycles. The Balaban J connectivity index is 3.20. The van der Waals surface area contributed by atoms with Crippen molar-refractivity contribution in [3.8, 4) is 0 Å². The lowest BCUT2D eigenvalue weighted by Gasteiger charge is -2.05. The average Bonchev–Trinajstić information content (AvgIpc) is 2.07. The van der Waals surface area contributed by atoms with Gasteiger partial charge >= 0.3 is 0 Å². The van der Waals surface area contributed by atoms with E-state index in [4.69, 9.17) is 11.6 Å². The third-order valence-electron chi connectivity index (χ3n) is 1.38. The summed E-state index contributed by atoms with van der Waals surface area (Å²) in [5.74, 6) is 0. The number of hydrogen-bond donors (Lipinski definition) is 0. The number of pyridine rings is 1. The first-order valence-corrected chi connectivity index (χ1v) is 5.54. The molecule has 1 nitrogen and oxygen atoms in total. The molecular formula is C7H4Br2ClF2N. The van der Waals surface area contributed by atoms with E-state index < -0.39 is 12.1 Å². The van der Waals surface area contributed by atoms with E-state index in [0.29, 0.717) is 9.93 Å². The van der Waals surface area contributed by atoms with Crippen LogP contribution in [-0.2, 0) is 5.33 Å². The highest BCUT2D eigenvalue weighted by Crippen LogP contribution is 2.29. The molecule has 0 atom stereocenters. The summed E-state index contributed by atoms with van der Waals surface area (Å²) < 4.78 is 24.9. The third-order valence-corrected chi connectivity index (χ3v) is 2.97. The number of halogens is 5. The minimum atomic E-state index is -2.65. The van der Waals surface area contributed by atoms with E-state index in [2.05, 4.69) is 36.8 Å². The molecule has 0 saturated carbocycles. The Morgan fingerprint density at radius 1 is 1.54 bits per heavy atom. The fraction of sp³-hybridized carbons (Fsp3) is 0.286. The molecule has 0 radical (unpaired) electrons. The van der Waals surface area contributed by atoms with Crippen molar-refractivity contribution in [3.63, 3.8) is 0 Å². The number of aromatic nitrogens is 1. The van der Waals surface area contributed by atoms with Crippen LogP contribution in [0.3, 0.4) is 0 Å². The predicted molar refractivity (Wildman–Crippen MR) is 54.5 cm³/mol. The summed E-state index contributed by atoms with van der Waals surface area (Å²) in [7, 11) is 0. The van der Waals surface area contributed by atoms with Gasteiger partial charge in [0.1, 0.15) is 10.3 Å². The van der Waals surface area contributed by atoms with E-state index in [1.54, 1.807) is 0 Å². The second kappa shape index (κ2) is 4.66. The Hall–Kier alpha value is 0.260. The van der Waals surface area contributed by atoms with Crippen molar-refractivity contribution in [1.82, 2.24) is 4.98 Å². The minimum Gasteiger partial charge on any atom is -0.238 e. The van der Waals surface area contributed by atoms with Crippen molar-refractivity contribution in [2.24, 2.45) is 0 Å². The Kier molecular flexibility index (Phi) is 4.06. The van der Waals surface area contributed by atoms with Crippen molar-refractivity contribution in [3.05, 3.63) is 26.9 Å². The standard InChI is InChI=1S/C7H4Br2ClF2N/c8-2-3-1-4(10)5(7(11)12)13-6(3)9/h1,7H,2H2. The molecule has 0 fully saturated rings. The molecule has 13 heavy (non-hydrogen) atoms. The van der Waals surface area contributed by atoms with Crippen molar-refractivity contribution in [2.45, 2.75) is 11.8 Å². The zero-order valence-corrected chi connectivity index (χ0v) is 10.1. The van der Waals surface area contributed by atoms with Crippen molar-refractivity contribution >= 4 is 43.5 Å². The molecule has 1 heterocycles. The first-order chi connectivity index (χ1) is 6.06. The van der Waals surface area contributed by atoms with Crippen molar-refractivity contribution < 1.29 is 8.78 Å². The van der Waals surface area contributed by atoms with Crippen LogP contribution in [0.4, 0.5) is 8.78 Å². The highest BCUT2D eigenvalue weighted by atomic mass is 79.9. The van der Waals surface area contributed by atoms with E-state index in [1.807, 2.05) is 0 Å². The van der Waals surface area contributed by atoms with E-state index in [9.17, 15) is 8.78 Å². The molecule has 72 valence electrons. The molecule has 1 aromatic rings. The molecule has 0 aliphatic rings. The van der Waals surface area contributed by atoms with E-state index in [0.717, 1.165) is 5.56 Å². The molecule has 0 saturated heterocycles. The summed E-state index contributed by atoms with van der Waals surface area (Å²) in [6.45, 7) is 0. The van der Waals surface area contributed by atoms with Gasteiger partial charge in [-0.2, -0.15) is 0 Å². The maximum atomic E-state index is 12.3. The van der Waals surface area contributed by atoms with Gasteiger partial charge in [-0.3, -0.25) is 0 Å². The lowest BCUT2D eigenvalue weighted by atomic mass is 10.3. The van der Waals surface area contributed by atoms with Gasteiger partial charge < -0.3 is 0 Å². The molecule has 0 amide bonds. The fourth-order valence-electron chi connectivity index (χ4n) is 0.764. The van der Waals surface area contributed by atoms with Gasteiger partial charge in [0.15, 0.2) is 0 Å². The summed E-state index contributed by atoms with van der Waals surface area (Å²) in [5.41, 5.74) is 0.354. The van der Waals surface area contributed by atoms with Crippen LogP contribution in [0.5, 0.6) is 0 Å². The molecule has 0 aliphatic heterocycles. The van der Waals surface area contributed by atoms with Gasteiger partial charge in [-0.25, -0.2) is 13.8 Å². The molecule has 0 N–H and O–H groups in total. The average molecular weight is 335 g/mol. The number of rotatable bonds is 2. The van der Waals surface area contributed by atoms with Crippen LogP contribution in [0.25, 0.3) is 0 Å². The molecule has 1 rings (SSSR count). The lowest BCUT2D eigenvalue weighted by molar-refractivity contribution is 0.146. The minimum absolute atomic E-state index is 0.00681. The van der Waals surface area contributed by atoms with Crippen LogP contribution in [0.15, 0.2) is 10.7 Å². The van der Waals surface area contributed by atoms with Gasteiger partial charge in [-0.15, -0.1) is 0 Å². The largest absolute Gasteiger partial charge is 0.281 e. The normalized spacial score (nSPS) is 10.9. The van der Waals surface area contributed by atoms with Crippen LogP contribution in [-0.4, -0.2) is 4.98 Å². The first kappa shape index (κ1) is 11.3. The summed E-state index contributed by atoms with van der Waals surface area (Å²) in [6.07, 6.45) is -2.65. The summed E-state index contributed by atoms with van der Waals surface area (Å²) in [4.78, 5) is 3.65. The van der Waals surface area contributed by atoms with Crippen LogP contribution in [0, 0.1) is 0 Å². The lowest BCUT2D eigenvalue weighted by Crippen LogP contribution is -1.95. The second-order valence-corrected chi connectivity index (χ2v) is 3.96. The van der Waals surface area contributed by atoms with Gasteiger partial charge in [-0.05, 0) is 27.6 Å². The summed E-state index contributed by atoms with van der Waals surface area (Å²) in [6, 6.07) is 1.47. The van der Waals surface area contributed by atoms with E-state index >= 15 is 0 Å². The summed E-state index contributed by atoms with van der Waals surface area (Å²) in [5, 5.41) is 0.511. The first-order valence-electron chi connectivity index (χ1n) is 3.25. The van der Waals surface area contributed by atoms with E-state index in [-0.39, 0.29) is 5.02 Å². The molecule has 0 aliphatic carbocycles. The van der Waals surface area contributed by atoms with Gasteiger partial charge in [-0.1, -0.05) is 27.5 Å². The second-order valence-electron chi connectivity index (χ2n) is 2.24. The molecule has 0 unspecified atom stereocenters. The van der Waals surface area contributed by atoms with Crippen molar-refractivity contribution in [2.75, 3.05) is 0 Å². The molecule has 1 aromatic heterocycles. The number of nitrogens with zero attached hydrogens (tertiary/aromatic N) is 1. The Bertz CT molecular complexity index is 320. The van der Waals surface area contributed by atoms with Gasteiger partial charge in [0, 0.05) is 5.33 Å². The Morgan fingerprint density at radius 2 is 2.15 bits per heavy atom. The van der Waals surface area contributed by atoms with Crippen LogP contribution < -0.4 is 0 Å². The molecular weight excluding hydrogens is 331 g/mol. The third kappa shape index (κ3) is 2.60. The number of alkyl halides is 3. The van der Waals surface area contributed by atoms with Crippen LogP contribution in [0.1, 0.15) is 17.7 Å². The fourth-order valence-corrected chi connectivity index (χ4v) is 2.27. The monoisotopic (exact) mass is 333 g/mol. The topological polar surface area (TPSA) is 12.9 Å². The Morgan fingerprint density at radius 3 is 2.62 bits per heavy atom. The predicted octanol–water partition coefficient (Wildman–Crippen LogP) is 4.33. The van der Waals surface area contributed by atoms with Gasteiger partial charge in [0.2, 0.25) is 0 Å². The molecule has 0 bridgehead atoms. The maximum absolute atomic E-state index is 12.3. The van der Waals surface area contributed by atoms with Gasteiger partial charge in [0.05, 0.1) is 5.02 Å². The van der Waals surface area contributed by atoms with Crippen LogP contribution in [0.2, 0.25) is 5.02 Å². The van der Waals surface area contributed by atoms with E-state index in [1.165, 1.54) is 6.07 Å². The highest BCUT2D eigenvalue weighted by Gasteiger charge is 2.16. The number of hydrogen-bond acceptors (Lipinski definition) is 1. The maximum Gasteiger partial charge on any atom is 0.281 e. The zero-order chi connectivity index (χ0) is 10.0. The molecule has 0 spiro atoms. The van der Waals surface area contributed by atoms with Crippen LogP contribution >= 0.6 is 43.5 Å².